The number of benzene rings is 2. The lowest BCUT2D eigenvalue weighted by Crippen LogP contribution is -2.25. The van der Waals surface area contributed by atoms with E-state index in [-0.39, 0.29) is 5.60 Å². The molecule has 0 saturated heterocycles. The monoisotopic (exact) mass is 338 g/mol. The zero-order chi connectivity index (χ0) is 18.0. The van der Waals surface area contributed by atoms with E-state index >= 15 is 0 Å². The zero-order valence-electron chi connectivity index (χ0n) is 16.2. The van der Waals surface area contributed by atoms with E-state index in [0.29, 0.717) is 12.5 Å². The lowest BCUT2D eigenvalue weighted by atomic mass is 9.89. The highest BCUT2D eigenvalue weighted by Crippen LogP contribution is 2.45. The molecule has 0 bridgehead atoms. The Morgan fingerprint density at radius 2 is 1.88 bits per heavy atom. The molecule has 0 unspecified atom stereocenters. The maximum Gasteiger partial charge on any atom is 0.127 e. The maximum atomic E-state index is 6.33. The second-order valence-electron chi connectivity index (χ2n) is 7.97. The van der Waals surface area contributed by atoms with E-state index < -0.39 is 0 Å². The van der Waals surface area contributed by atoms with E-state index in [9.17, 15) is 0 Å². The first-order valence-electron chi connectivity index (χ1n) is 9.45. The molecule has 3 rings (SSSR count). The van der Waals surface area contributed by atoms with Gasteiger partial charge in [-0.05, 0) is 37.8 Å². The molecule has 1 aliphatic heterocycles. The maximum absolute atomic E-state index is 6.33. The molecule has 0 fully saturated rings. The molecule has 2 aromatic carbocycles. The Morgan fingerprint density at radius 3 is 2.52 bits per heavy atom. The van der Waals surface area contributed by atoms with Gasteiger partial charge >= 0.3 is 0 Å². The quantitative estimate of drug-likeness (QED) is 0.638. The van der Waals surface area contributed by atoms with Crippen LogP contribution in [0.3, 0.4) is 0 Å². The van der Waals surface area contributed by atoms with Gasteiger partial charge < -0.3 is 9.47 Å². The third-order valence-corrected chi connectivity index (χ3v) is 4.77. The predicted octanol–water partition coefficient (Wildman–Crippen LogP) is 6.06. The molecule has 2 nitrogen and oxygen atoms in total. The van der Waals surface area contributed by atoms with Crippen LogP contribution in [-0.4, -0.2) is 5.60 Å². The number of hydrogen-bond donors (Lipinski definition) is 0. The summed E-state index contributed by atoms with van der Waals surface area (Å²) in [6.07, 6.45) is 3.09. The van der Waals surface area contributed by atoms with Gasteiger partial charge in [-0.25, -0.2) is 0 Å². The Hall–Kier alpha value is -1.96. The van der Waals surface area contributed by atoms with E-state index in [1.807, 2.05) is 6.07 Å². The molecular weight excluding hydrogens is 308 g/mol. The molecule has 0 atom stereocenters. The van der Waals surface area contributed by atoms with Crippen molar-refractivity contribution >= 4 is 0 Å². The van der Waals surface area contributed by atoms with Crippen LogP contribution in [-0.2, 0) is 19.4 Å². The average molecular weight is 338 g/mol. The molecule has 0 saturated carbocycles. The Bertz CT molecular complexity index is 730. The topological polar surface area (TPSA) is 18.5 Å². The highest BCUT2D eigenvalue weighted by molar-refractivity contribution is 5.57. The van der Waals surface area contributed by atoms with Crippen LogP contribution >= 0.6 is 0 Å². The Balaban J connectivity index is 2.01. The van der Waals surface area contributed by atoms with Gasteiger partial charge in [-0.2, -0.15) is 0 Å². The molecule has 0 N–H and O–H groups in total. The largest absolute Gasteiger partial charge is 0.489 e. The first kappa shape index (κ1) is 17.8. The SMILES string of the molecule is CCCc1c2c(cc(OCc3ccccc3)c1C(C)C)CC(C)(C)O2. The summed E-state index contributed by atoms with van der Waals surface area (Å²) >= 11 is 0. The van der Waals surface area contributed by atoms with Gasteiger partial charge in [-0.3, -0.25) is 0 Å². The van der Waals surface area contributed by atoms with Crippen molar-refractivity contribution in [1.29, 1.82) is 0 Å². The van der Waals surface area contributed by atoms with Crippen LogP contribution in [0, 0.1) is 0 Å². The summed E-state index contributed by atoms with van der Waals surface area (Å²) in [4.78, 5) is 0. The van der Waals surface area contributed by atoms with Crippen LogP contribution in [0.2, 0.25) is 0 Å². The Labute approximate surface area is 152 Å². The summed E-state index contributed by atoms with van der Waals surface area (Å²) in [5, 5.41) is 0. The fourth-order valence-corrected chi connectivity index (χ4v) is 3.78. The van der Waals surface area contributed by atoms with Crippen molar-refractivity contribution in [2.75, 3.05) is 0 Å². The molecule has 1 aliphatic rings. The van der Waals surface area contributed by atoms with Crippen LogP contribution < -0.4 is 9.47 Å². The molecule has 0 amide bonds. The molecule has 134 valence electrons. The van der Waals surface area contributed by atoms with E-state index in [1.54, 1.807) is 0 Å². The summed E-state index contributed by atoms with van der Waals surface area (Å²) in [5.74, 6) is 2.55. The van der Waals surface area contributed by atoms with Gasteiger partial charge in [0.2, 0.25) is 0 Å². The van der Waals surface area contributed by atoms with Crippen LogP contribution in [0.4, 0.5) is 0 Å². The van der Waals surface area contributed by atoms with Crippen LogP contribution in [0.5, 0.6) is 11.5 Å². The summed E-state index contributed by atoms with van der Waals surface area (Å²) in [7, 11) is 0. The second kappa shape index (κ2) is 7.11. The number of hydrogen-bond acceptors (Lipinski definition) is 2. The highest BCUT2D eigenvalue weighted by atomic mass is 16.5. The lowest BCUT2D eigenvalue weighted by Gasteiger charge is -2.22. The molecule has 2 aromatic rings. The van der Waals surface area contributed by atoms with Gasteiger partial charge in [-0.15, -0.1) is 0 Å². The van der Waals surface area contributed by atoms with Crippen LogP contribution in [0.15, 0.2) is 36.4 Å². The van der Waals surface area contributed by atoms with Gasteiger partial charge in [0.05, 0.1) is 0 Å². The minimum absolute atomic E-state index is 0.128. The fourth-order valence-electron chi connectivity index (χ4n) is 3.78. The van der Waals surface area contributed by atoms with Gasteiger partial charge in [0, 0.05) is 23.1 Å². The number of fused-ring (bicyclic) bond motifs is 1. The minimum Gasteiger partial charge on any atom is -0.489 e. The molecule has 0 aromatic heterocycles. The van der Waals surface area contributed by atoms with Crippen molar-refractivity contribution in [2.45, 2.75) is 72.0 Å². The van der Waals surface area contributed by atoms with Crippen molar-refractivity contribution in [3.8, 4) is 11.5 Å². The molecule has 0 aliphatic carbocycles. The normalized spacial score (nSPS) is 15.1. The fraction of sp³-hybridized carbons (Fsp3) is 0.478. The van der Waals surface area contributed by atoms with E-state index in [4.69, 9.17) is 9.47 Å². The average Bonchev–Trinajstić information content (AvgIpc) is 2.87. The summed E-state index contributed by atoms with van der Waals surface area (Å²) in [6.45, 7) is 11.7. The summed E-state index contributed by atoms with van der Waals surface area (Å²) < 4.78 is 12.6. The van der Waals surface area contributed by atoms with Crippen molar-refractivity contribution in [1.82, 2.24) is 0 Å². The van der Waals surface area contributed by atoms with Gasteiger partial charge in [0.15, 0.2) is 0 Å². The zero-order valence-corrected chi connectivity index (χ0v) is 16.2. The van der Waals surface area contributed by atoms with Crippen molar-refractivity contribution in [2.24, 2.45) is 0 Å². The van der Waals surface area contributed by atoms with Crippen LogP contribution in [0.1, 0.15) is 69.2 Å². The Morgan fingerprint density at radius 1 is 1.16 bits per heavy atom. The third kappa shape index (κ3) is 3.84. The smallest absolute Gasteiger partial charge is 0.127 e. The van der Waals surface area contributed by atoms with Gasteiger partial charge in [-0.1, -0.05) is 57.5 Å². The van der Waals surface area contributed by atoms with E-state index in [0.717, 1.165) is 30.8 Å². The molecule has 0 spiro atoms. The molecule has 0 radical (unpaired) electrons. The molecule has 2 heteroatoms. The number of rotatable bonds is 6. The van der Waals surface area contributed by atoms with E-state index in [1.165, 1.54) is 22.3 Å². The highest BCUT2D eigenvalue weighted by Gasteiger charge is 2.34. The minimum atomic E-state index is -0.128. The first-order valence-corrected chi connectivity index (χ1v) is 9.45. The third-order valence-electron chi connectivity index (χ3n) is 4.77. The molecule has 25 heavy (non-hydrogen) atoms. The van der Waals surface area contributed by atoms with Crippen molar-refractivity contribution in [3.63, 3.8) is 0 Å². The molecule has 1 heterocycles. The Kier molecular flexibility index (Phi) is 5.08. The van der Waals surface area contributed by atoms with Crippen molar-refractivity contribution < 1.29 is 9.47 Å². The number of ether oxygens (including phenoxy) is 2. The second-order valence-corrected chi connectivity index (χ2v) is 7.97. The van der Waals surface area contributed by atoms with E-state index in [2.05, 4.69) is 65.0 Å². The molecular formula is C23H30O2. The summed E-state index contributed by atoms with van der Waals surface area (Å²) in [5.41, 5.74) is 5.03. The first-order chi connectivity index (χ1) is 11.9. The lowest BCUT2D eigenvalue weighted by molar-refractivity contribution is 0.137. The van der Waals surface area contributed by atoms with Gasteiger partial charge in [0.1, 0.15) is 23.7 Å². The van der Waals surface area contributed by atoms with Crippen LogP contribution in [0.25, 0.3) is 0 Å². The summed E-state index contributed by atoms with van der Waals surface area (Å²) in [6, 6.07) is 12.6. The predicted molar refractivity (Wildman–Crippen MR) is 104 cm³/mol. The van der Waals surface area contributed by atoms with Crippen molar-refractivity contribution in [3.05, 3.63) is 58.7 Å². The standard InChI is InChI=1S/C23H30O2/c1-6-10-19-21(16(2)3)20(24-15-17-11-8-7-9-12-17)13-18-14-23(4,5)25-22(18)19/h7-9,11-13,16H,6,10,14-15H2,1-5H3. The van der Waals surface area contributed by atoms with Gasteiger partial charge in [0.25, 0.3) is 0 Å².